The van der Waals surface area contributed by atoms with E-state index >= 15 is 0 Å². The van der Waals surface area contributed by atoms with Crippen LogP contribution in [0.2, 0.25) is 0 Å². The quantitative estimate of drug-likeness (QED) is 0.212. The first kappa shape index (κ1) is 34.3. The average molecular weight is 577 g/mol. The summed E-state index contributed by atoms with van der Waals surface area (Å²) in [6.07, 6.45) is 2.59. The second-order valence-electron chi connectivity index (χ2n) is 10.6. The molecule has 2 aromatic carbocycles. The SMILES string of the molecule is CCCCCCOC[C@H](O)[C@H](O)[C@H](Cc1cc(F)cc(F)c1)NC(=O)c1cc(C)cc(C(=O)N(CCC)CCC)c1. The van der Waals surface area contributed by atoms with E-state index in [1.807, 2.05) is 13.8 Å². The number of unbranched alkanes of at least 4 members (excludes halogenated alkanes) is 3. The molecule has 0 aliphatic heterocycles. The number of benzene rings is 2. The van der Waals surface area contributed by atoms with E-state index in [-0.39, 0.29) is 30.1 Å². The molecule has 0 radical (unpaired) electrons. The van der Waals surface area contributed by atoms with Crippen molar-refractivity contribution in [1.29, 1.82) is 0 Å². The first-order valence-corrected chi connectivity index (χ1v) is 14.7. The third kappa shape index (κ3) is 11.5. The van der Waals surface area contributed by atoms with Crippen molar-refractivity contribution >= 4 is 11.8 Å². The second-order valence-corrected chi connectivity index (χ2v) is 10.6. The Labute approximate surface area is 242 Å². The van der Waals surface area contributed by atoms with Crippen molar-refractivity contribution in [3.05, 3.63) is 70.3 Å². The molecule has 0 unspecified atom stereocenters. The third-order valence-electron chi connectivity index (χ3n) is 6.79. The van der Waals surface area contributed by atoms with Crippen molar-refractivity contribution in [2.24, 2.45) is 0 Å². The zero-order valence-corrected chi connectivity index (χ0v) is 24.8. The highest BCUT2D eigenvalue weighted by Gasteiger charge is 2.29. The van der Waals surface area contributed by atoms with Gasteiger partial charge in [-0.25, -0.2) is 8.78 Å². The maximum Gasteiger partial charge on any atom is 0.253 e. The van der Waals surface area contributed by atoms with Gasteiger partial charge in [0, 0.05) is 36.9 Å². The first-order valence-electron chi connectivity index (χ1n) is 14.7. The fraction of sp³-hybridized carbons (Fsp3) is 0.562. The maximum absolute atomic E-state index is 13.9. The molecule has 0 heterocycles. The summed E-state index contributed by atoms with van der Waals surface area (Å²) >= 11 is 0. The van der Waals surface area contributed by atoms with Crippen LogP contribution < -0.4 is 5.32 Å². The number of nitrogens with zero attached hydrogens (tertiary/aromatic N) is 1. The number of ether oxygens (including phenoxy) is 1. The normalized spacial score (nSPS) is 13.5. The molecule has 0 bridgehead atoms. The molecular weight excluding hydrogens is 530 g/mol. The van der Waals surface area contributed by atoms with E-state index < -0.39 is 35.8 Å². The Morgan fingerprint density at radius 1 is 0.878 bits per heavy atom. The van der Waals surface area contributed by atoms with Crippen molar-refractivity contribution in [1.82, 2.24) is 10.2 Å². The van der Waals surface area contributed by atoms with Crippen molar-refractivity contribution in [2.45, 2.75) is 90.9 Å². The molecule has 41 heavy (non-hydrogen) atoms. The predicted octanol–water partition coefficient (Wildman–Crippen LogP) is 5.20. The minimum absolute atomic E-state index is 0.145. The average Bonchev–Trinajstić information content (AvgIpc) is 2.92. The Morgan fingerprint density at radius 2 is 1.51 bits per heavy atom. The number of aryl methyl sites for hydroxylation is 1. The summed E-state index contributed by atoms with van der Waals surface area (Å²) in [7, 11) is 0. The van der Waals surface area contributed by atoms with Crippen LogP contribution in [0.25, 0.3) is 0 Å². The van der Waals surface area contributed by atoms with Crippen LogP contribution in [0.3, 0.4) is 0 Å². The van der Waals surface area contributed by atoms with Gasteiger partial charge >= 0.3 is 0 Å². The van der Waals surface area contributed by atoms with Crippen LogP contribution in [0.15, 0.2) is 36.4 Å². The van der Waals surface area contributed by atoms with Gasteiger partial charge in [0.05, 0.1) is 12.6 Å². The van der Waals surface area contributed by atoms with Gasteiger partial charge in [0.15, 0.2) is 0 Å². The maximum atomic E-state index is 13.9. The number of nitrogens with one attached hydrogen (secondary N) is 1. The molecule has 0 aliphatic rings. The molecular formula is C32H46F2N2O5. The number of hydrogen-bond acceptors (Lipinski definition) is 5. The summed E-state index contributed by atoms with van der Waals surface area (Å²) < 4.78 is 33.3. The number of rotatable bonds is 18. The van der Waals surface area contributed by atoms with Crippen molar-refractivity contribution in [3.8, 4) is 0 Å². The minimum Gasteiger partial charge on any atom is -0.388 e. The van der Waals surface area contributed by atoms with E-state index in [1.54, 1.807) is 24.0 Å². The molecule has 0 saturated carbocycles. The number of halogens is 2. The number of aliphatic hydroxyl groups excluding tert-OH is 2. The molecule has 2 aromatic rings. The Kier molecular flexibility index (Phi) is 14.9. The van der Waals surface area contributed by atoms with Crippen LogP contribution in [0, 0.1) is 18.6 Å². The smallest absolute Gasteiger partial charge is 0.253 e. The van der Waals surface area contributed by atoms with Crippen LogP contribution >= 0.6 is 0 Å². The summed E-state index contributed by atoms with van der Waals surface area (Å²) in [5.41, 5.74) is 1.48. The molecule has 0 spiro atoms. The molecule has 3 atom stereocenters. The number of hydrogen-bond donors (Lipinski definition) is 3. The fourth-order valence-corrected chi connectivity index (χ4v) is 4.77. The van der Waals surface area contributed by atoms with E-state index in [9.17, 15) is 28.6 Å². The molecule has 0 aromatic heterocycles. The van der Waals surface area contributed by atoms with E-state index in [1.165, 1.54) is 6.07 Å². The lowest BCUT2D eigenvalue weighted by Gasteiger charge is -2.28. The van der Waals surface area contributed by atoms with Crippen LogP contribution in [0.4, 0.5) is 8.78 Å². The van der Waals surface area contributed by atoms with Gasteiger partial charge in [-0.15, -0.1) is 0 Å². The predicted molar refractivity (Wildman–Crippen MR) is 156 cm³/mol. The van der Waals surface area contributed by atoms with E-state index in [4.69, 9.17) is 4.74 Å². The highest BCUT2D eigenvalue weighted by atomic mass is 19.1. The van der Waals surface area contributed by atoms with Crippen LogP contribution in [0.1, 0.15) is 91.1 Å². The van der Waals surface area contributed by atoms with Gasteiger partial charge in [-0.3, -0.25) is 9.59 Å². The summed E-state index contributed by atoms with van der Waals surface area (Å²) in [5.74, 6) is -2.35. The van der Waals surface area contributed by atoms with E-state index in [0.717, 1.165) is 56.7 Å². The standard InChI is InChI=1S/C32H46F2N2O5/c1-5-8-9-10-13-41-21-29(37)30(38)28(18-23-16-26(33)20-27(34)17-23)35-31(39)24-14-22(4)15-25(19-24)32(40)36(11-6-2)12-7-3/h14-17,19-20,28-30,37-38H,5-13,18,21H2,1-4H3,(H,35,39)/t28-,29-,30+/m0/s1. The zero-order valence-electron chi connectivity index (χ0n) is 24.8. The molecule has 0 saturated heterocycles. The summed E-state index contributed by atoms with van der Waals surface area (Å²) in [6.45, 7) is 9.32. The molecule has 228 valence electrons. The van der Waals surface area contributed by atoms with Crippen molar-refractivity contribution in [2.75, 3.05) is 26.3 Å². The molecule has 0 fully saturated rings. The Bertz CT molecular complexity index is 1090. The summed E-state index contributed by atoms with van der Waals surface area (Å²) in [6, 6.07) is 6.72. The van der Waals surface area contributed by atoms with Crippen molar-refractivity contribution in [3.63, 3.8) is 0 Å². The van der Waals surface area contributed by atoms with E-state index in [2.05, 4.69) is 12.2 Å². The van der Waals surface area contributed by atoms with Crippen LogP contribution in [-0.2, 0) is 11.2 Å². The van der Waals surface area contributed by atoms with Gasteiger partial charge in [-0.05, 0) is 74.1 Å². The Morgan fingerprint density at radius 3 is 2.12 bits per heavy atom. The molecule has 9 heteroatoms. The molecule has 3 N–H and O–H groups in total. The van der Waals surface area contributed by atoms with Gasteiger partial charge in [0.2, 0.25) is 0 Å². The van der Waals surface area contributed by atoms with Gasteiger partial charge in [-0.1, -0.05) is 40.0 Å². The lowest BCUT2D eigenvalue weighted by molar-refractivity contribution is -0.0511. The largest absolute Gasteiger partial charge is 0.388 e. The van der Waals surface area contributed by atoms with Gasteiger partial charge < -0.3 is 25.2 Å². The molecule has 0 aliphatic carbocycles. The molecule has 2 rings (SSSR count). The summed E-state index contributed by atoms with van der Waals surface area (Å²) in [5, 5.41) is 24.4. The van der Waals surface area contributed by atoms with Gasteiger partial charge in [0.1, 0.15) is 23.8 Å². The van der Waals surface area contributed by atoms with E-state index in [0.29, 0.717) is 30.8 Å². The lowest BCUT2D eigenvalue weighted by atomic mass is 9.96. The minimum atomic E-state index is -1.49. The lowest BCUT2D eigenvalue weighted by Crippen LogP contribution is -2.51. The highest BCUT2D eigenvalue weighted by molar-refractivity contribution is 6.00. The molecule has 7 nitrogen and oxygen atoms in total. The third-order valence-corrected chi connectivity index (χ3v) is 6.79. The van der Waals surface area contributed by atoms with Gasteiger partial charge in [0.25, 0.3) is 11.8 Å². The number of amides is 2. The monoisotopic (exact) mass is 576 g/mol. The summed E-state index contributed by atoms with van der Waals surface area (Å²) in [4.78, 5) is 28.4. The first-order chi connectivity index (χ1) is 19.6. The number of carbonyl (C=O) groups excluding carboxylic acids is 2. The van der Waals surface area contributed by atoms with Crippen LogP contribution in [0.5, 0.6) is 0 Å². The molecule has 2 amide bonds. The Balaban J connectivity index is 2.26. The van der Waals surface area contributed by atoms with Crippen LogP contribution in [-0.4, -0.2) is 71.5 Å². The zero-order chi connectivity index (χ0) is 30.4. The van der Waals surface area contributed by atoms with Crippen molar-refractivity contribution < 1.29 is 33.3 Å². The van der Waals surface area contributed by atoms with Gasteiger partial charge in [-0.2, -0.15) is 0 Å². The second kappa shape index (κ2) is 17.8. The topological polar surface area (TPSA) is 99.1 Å². The highest BCUT2D eigenvalue weighted by Crippen LogP contribution is 2.17. The number of carbonyl (C=O) groups is 2. The Hall–Kier alpha value is -2.88. The number of aliphatic hydroxyl groups is 2. The fourth-order valence-electron chi connectivity index (χ4n) is 4.77.